The number of unbranched alkanes of at least 4 members (excludes halogenated alkanes) is 26. The van der Waals surface area contributed by atoms with Crippen LogP contribution >= 0.6 is 0 Å². The molecule has 1 amide bonds. The van der Waals surface area contributed by atoms with Crippen molar-refractivity contribution in [1.82, 2.24) is 5.32 Å². The van der Waals surface area contributed by atoms with Crippen molar-refractivity contribution in [1.29, 1.82) is 0 Å². The molecule has 0 rings (SSSR count). The number of aliphatic hydroxyl groups is 4. The van der Waals surface area contributed by atoms with Crippen LogP contribution in [-0.2, 0) is 4.79 Å². The molecule has 0 bridgehead atoms. The fraction of sp³-hybridized carbons (Fsp3) is 0.927. The molecule has 4 atom stereocenters. The van der Waals surface area contributed by atoms with Crippen LogP contribution in [-0.4, -0.2) is 57.3 Å². The van der Waals surface area contributed by atoms with Gasteiger partial charge in [0.05, 0.1) is 18.8 Å². The summed E-state index contributed by atoms with van der Waals surface area (Å²) in [4.78, 5) is 12.4. The van der Waals surface area contributed by atoms with E-state index in [4.69, 9.17) is 0 Å². The lowest BCUT2D eigenvalue weighted by molar-refractivity contribution is -0.132. The van der Waals surface area contributed by atoms with Gasteiger partial charge in [-0.2, -0.15) is 0 Å². The molecule has 0 aromatic heterocycles. The number of rotatable bonds is 37. The van der Waals surface area contributed by atoms with E-state index in [0.29, 0.717) is 12.8 Å². The van der Waals surface area contributed by atoms with Crippen LogP contribution < -0.4 is 5.32 Å². The Labute approximate surface area is 292 Å². The average molecular weight is 668 g/mol. The summed E-state index contributed by atoms with van der Waals surface area (Å²) in [6, 6.07) is -0.982. The van der Waals surface area contributed by atoms with Gasteiger partial charge in [0.25, 0.3) is 0 Å². The van der Waals surface area contributed by atoms with Crippen LogP contribution in [0.3, 0.4) is 0 Å². The van der Waals surface area contributed by atoms with Gasteiger partial charge in [-0.1, -0.05) is 187 Å². The molecule has 0 spiro atoms. The first-order valence-corrected chi connectivity index (χ1v) is 20.6. The summed E-state index contributed by atoms with van der Waals surface area (Å²) >= 11 is 0. The highest BCUT2D eigenvalue weighted by Gasteiger charge is 2.28. The van der Waals surface area contributed by atoms with Gasteiger partial charge < -0.3 is 25.7 Å². The van der Waals surface area contributed by atoms with Crippen LogP contribution in [0.25, 0.3) is 0 Å². The molecular weight excluding hydrogens is 586 g/mol. The third kappa shape index (κ3) is 30.8. The van der Waals surface area contributed by atoms with Gasteiger partial charge in [0.1, 0.15) is 12.2 Å². The summed E-state index contributed by atoms with van der Waals surface area (Å²) in [5.41, 5.74) is 0. The van der Waals surface area contributed by atoms with Crippen molar-refractivity contribution >= 4 is 5.91 Å². The first-order chi connectivity index (χ1) is 23.0. The SMILES string of the molecule is CCCCCCCCCCCCCC/C=C\CCCCCCCCC(O)C(=O)NC(CO)C(O)C(O)CCCCCCCCCCC. The Kier molecular flexibility index (Phi) is 35.6. The Balaban J connectivity index is 3.70. The molecule has 0 heterocycles. The summed E-state index contributed by atoms with van der Waals surface area (Å²) in [5.74, 6) is -0.589. The quantitative estimate of drug-likeness (QED) is 0.0335. The molecule has 0 aliphatic heterocycles. The first-order valence-electron chi connectivity index (χ1n) is 20.6. The van der Waals surface area contributed by atoms with Crippen LogP contribution in [0.1, 0.15) is 213 Å². The van der Waals surface area contributed by atoms with Gasteiger partial charge in [0.2, 0.25) is 5.91 Å². The van der Waals surface area contributed by atoms with E-state index in [1.165, 1.54) is 141 Å². The molecule has 0 aliphatic carbocycles. The van der Waals surface area contributed by atoms with Crippen molar-refractivity contribution in [3.63, 3.8) is 0 Å². The second-order valence-corrected chi connectivity index (χ2v) is 14.3. The highest BCUT2D eigenvalue weighted by atomic mass is 16.3. The monoisotopic (exact) mass is 668 g/mol. The maximum absolute atomic E-state index is 12.4. The third-order valence-electron chi connectivity index (χ3n) is 9.73. The summed E-state index contributed by atoms with van der Waals surface area (Å²) in [7, 11) is 0. The lowest BCUT2D eigenvalue weighted by atomic mass is 9.99. The molecule has 5 N–H and O–H groups in total. The molecule has 0 aliphatic rings. The molecule has 4 unspecified atom stereocenters. The normalized spacial score (nSPS) is 14.4. The van der Waals surface area contributed by atoms with E-state index >= 15 is 0 Å². The standard InChI is InChI=1S/C41H81NO5/c1-3-5-7-9-11-13-14-15-16-17-18-19-20-21-22-23-24-25-27-29-31-33-35-39(45)41(47)42-37(36-43)40(46)38(44)34-32-30-28-26-12-10-8-6-4-2/h21-22,37-40,43-46H,3-20,23-36H2,1-2H3,(H,42,47)/b22-21-. The highest BCUT2D eigenvalue weighted by Crippen LogP contribution is 2.16. The number of carbonyl (C=O) groups is 1. The molecule has 47 heavy (non-hydrogen) atoms. The zero-order valence-corrected chi connectivity index (χ0v) is 31.3. The summed E-state index contributed by atoms with van der Waals surface area (Å²) in [6.07, 6.45) is 38.2. The van der Waals surface area contributed by atoms with Crippen LogP contribution in [0.5, 0.6) is 0 Å². The average Bonchev–Trinajstić information content (AvgIpc) is 3.07. The van der Waals surface area contributed by atoms with Crippen LogP contribution in [0.4, 0.5) is 0 Å². The summed E-state index contributed by atoms with van der Waals surface area (Å²) < 4.78 is 0. The molecule has 0 fully saturated rings. The van der Waals surface area contributed by atoms with Gasteiger partial charge in [-0.3, -0.25) is 4.79 Å². The van der Waals surface area contributed by atoms with Crippen molar-refractivity contribution < 1.29 is 25.2 Å². The zero-order chi connectivity index (χ0) is 34.6. The lowest BCUT2D eigenvalue weighted by Gasteiger charge is -2.27. The number of hydrogen-bond donors (Lipinski definition) is 5. The molecule has 6 nitrogen and oxygen atoms in total. The third-order valence-corrected chi connectivity index (χ3v) is 9.73. The number of nitrogens with one attached hydrogen (secondary N) is 1. The predicted octanol–water partition coefficient (Wildman–Crippen LogP) is 10.2. The fourth-order valence-electron chi connectivity index (χ4n) is 6.40. The van der Waals surface area contributed by atoms with E-state index in [1.807, 2.05) is 0 Å². The molecule has 0 radical (unpaired) electrons. The fourth-order valence-corrected chi connectivity index (χ4v) is 6.40. The van der Waals surface area contributed by atoms with E-state index in [2.05, 4.69) is 31.3 Å². The maximum atomic E-state index is 12.4. The topological polar surface area (TPSA) is 110 Å². The largest absolute Gasteiger partial charge is 0.394 e. The Hall–Kier alpha value is -0.950. The van der Waals surface area contributed by atoms with Crippen LogP contribution in [0.15, 0.2) is 12.2 Å². The minimum Gasteiger partial charge on any atom is -0.394 e. The molecule has 0 saturated carbocycles. The van der Waals surface area contributed by atoms with Gasteiger partial charge in [-0.15, -0.1) is 0 Å². The predicted molar refractivity (Wildman–Crippen MR) is 201 cm³/mol. The van der Waals surface area contributed by atoms with Gasteiger partial charge in [-0.05, 0) is 38.5 Å². The lowest BCUT2D eigenvalue weighted by Crippen LogP contribution is -2.53. The second kappa shape index (κ2) is 36.3. The van der Waals surface area contributed by atoms with Crippen LogP contribution in [0.2, 0.25) is 0 Å². The van der Waals surface area contributed by atoms with Crippen molar-refractivity contribution in [2.45, 2.75) is 237 Å². The van der Waals surface area contributed by atoms with E-state index in [-0.39, 0.29) is 0 Å². The smallest absolute Gasteiger partial charge is 0.249 e. The van der Waals surface area contributed by atoms with E-state index in [9.17, 15) is 25.2 Å². The van der Waals surface area contributed by atoms with Crippen molar-refractivity contribution in [2.75, 3.05) is 6.61 Å². The minimum atomic E-state index is -1.26. The molecule has 0 saturated heterocycles. The van der Waals surface area contributed by atoms with Crippen molar-refractivity contribution in [2.24, 2.45) is 0 Å². The Morgan fingerprint density at radius 1 is 0.511 bits per heavy atom. The first kappa shape index (κ1) is 46.0. The van der Waals surface area contributed by atoms with Gasteiger partial charge in [0, 0.05) is 0 Å². The molecule has 280 valence electrons. The highest BCUT2D eigenvalue weighted by molar-refractivity contribution is 5.80. The van der Waals surface area contributed by atoms with Crippen molar-refractivity contribution in [3.8, 4) is 0 Å². The Morgan fingerprint density at radius 3 is 1.23 bits per heavy atom. The minimum absolute atomic E-state index is 0.364. The van der Waals surface area contributed by atoms with Crippen molar-refractivity contribution in [3.05, 3.63) is 12.2 Å². The zero-order valence-electron chi connectivity index (χ0n) is 31.3. The summed E-state index contributed by atoms with van der Waals surface area (Å²) in [6.45, 7) is 4.02. The van der Waals surface area contributed by atoms with E-state index < -0.39 is 36.9 Å². The van der Waals surface area contributed by atoms with Gasteiger partial charge >= 0.3 is 0 Å². The molecule has 0 aromatic carbocycles. The molecule has 0 aromatic rings. The number of carbonyl (C=O) groups excluding carboxylic acids is 1. The van der Waals surface area contributed by atoms with E-state index in [1.54, 1.807) is 0 Å². The maximum Gasteiger partial charge on any atom is 0.249 e. The Morgan fingerprint density at radius 2 is 0.851 bits per heavy atom. The number of amides is 1. The van der Waals surface area contributed by atoms with E-state index in [0.717, 1.165) is 44.9 Å². The second-order valence-electron chi connectivity index (χ2n) is 14.3. The molecule has 6 heteroatoms. The number of hydrogen-bond acceptors (Lipinski definition) is 5. The van der Waals surface area contributed by atoms with Gasteiger partial charge in [0.15, 0.2) is 0 Å². The Bertz CT molecular complexity index is 672. The van der Waals surface area contributed by atoms with Crippen LogP contribution in [0, 0.1) is 0 Å². The summed E-state index contributed by atoms with van der Waals surface area (Å²) in [5, 5.41) is 43.4. The number of allylic oxidation sites excluding steroid dienone is 2. The molecular formula is C41H81NO5. The number of aliphatic hydroxyl groups excluding tert-OH is 4. The van der Waals surface area contributed by atoms with Gasteiger partial charge in [-0.25, -0.2) is 0 Å².